The molecule has 0 aliphatic heterocycles. The normalized spacial score (nSPS) is 25.7. The van der Waals surface area contributed by atoms with Gasteiger partial charge < -0.3 is 10.0 Å². The minimum Gasteiger partial charge on any atom is -0.481 e. The van der Waals surface area contributed by atoms with Gasteiger partial charge in [-0.3, -0.25) is 9.59 Å². The highest BCUT2D eigenvalue weighted by Crippen LogP contribution is 2.59. The molecule has 1 fully saturated rings. The van der Waals surface area contributed by atoms with Gasteiger partial charge in [0.05, 0.1) is 17.9 Å². The lowest BCUT2D eigenvalue weighted by Gasteiger charge is -2.24. The molecule has 1 saturated carbocycles. The van der Waals surface area contributed by atoms with Crippen molar-refractivity contribution in [1.82, 2.24) is 4.90 Å². The molecule has 1 unspecified atom stereocenters. The van der Waals surface area contributed by atoms with Crippen molar-refractivity contribution in [3.8, 4) is 0 Å². The summed E-state index contributed by atoms with van der Waals surface area (Å²) in [4.78, 5) is 26.4. The highest BCUT2D eigenvalue weighted by atomic mass is 32.1. The van der Waals surface area contributed by atoms with E-state index in [-0.39, 0.29) is 11.9 Å². The Morgan fingerprint density at radius 2 is 2.05 bits per heavy atom. The van der Waals surface area contributed by atoms with Gasteiger partial charge in [0.25, 0.3) is 0 Å². The van der Waals surface area contributed by atoms with Gasteiger partial charge in [0, 0.05) is 11.9 Å². The van der Waals surface area contributed by atoms with Crippen molar-refractivity contribution in [1.29, 1.82) is 0 Å². The summed E-state index contributed by atoms with van der Waals surface area (Å²) < 4.78 is 0. The van der Waals surface area contributed by atoms with E-state index in [1.807, 2.05) is 38.3 Å². The molecule has 2 rings (SSSR count). The van der Waals surface area contributed by atoms with Crippen molar-refractivity contribution < 1.29 is 14.7 Å². The van der Waals surface area contributed by atoms with Crippen LogP contribution in [0.1, 0.15) is 31.7 Å². The number of thiophene rings is 1. The predicted molar refractivity (Wildman–Crippen MR) is 73.9 cm³/mol. The van der Waals surface area contributed by atoms with Gasteiger partial charge in [0.2, 0.25) is 5.91 Å². The molecule has 0 saturated heterocycles. The number of carboxylic acids is 1. The number of nitrogens with zero attached hydrogens (tertiary/aromatic N) is 1. The molecule has 0 aromatic carbocycles. The molecule has 1 amide bonds. The third-order valence-corrected chi connectivity index (χ3v) is 5.29. The lowest BCUT2D eigenvalue weighted by Crippen LogP contribution is -2.32. The molecule has 0 bridgehead atoms. The van der Waals surface area contributed by atoms with Crippen LogP contribution < -0.4 is 0 Å². The summed E-state index contributed by atoms with van der Waals surface area (Å²) in [6, 6.07) is 3.93. The average molecular weight is 281 g/mol. The van der Waals surface area contributed by atoms with E-state index in [1.54, 1.807) is 23.3 Å². The molecule has 1 aliphatic rings. The van der Waals surface area contributed by atoms with Gasteiger partial charge in [-0.1, -0.05) is 19.9 Å². The van der Waals surface area contributed by atoms with Gasteiger partial charge in [0.15, 0.2) is 0 Å². The minimum atomic E-state index is -0.875. The summed E-state index contributed by atoms with van der Waals surface area (Å²) in [6.07, 6.45) is 0. The number of hydrogen-bond acceptors (Lipinski definition) is 3. The molecule has 1 aliphatic carbocycles. The van der Waals surface area contributed by atoms with Crippen LogP contribution in [0.3, 0.4) is 0 Å². The number of amides is 1. The van der Waals surface area contributed by atoms with Crippen molar-refractivity contribution in [2.75, 3.05) is 7.05 Å². The molecule has 1 aromatic rings. The summed E-state index contributed by atoms with van der Waals surface area (Å²) in [5, 5.41) is 11.1. The SMILES string of the molecule is CC(c1cccs1)N(C)C(=O)[C@H]1[C@@H](C(=O)O)C1(C)C. The van der Waals surface area contributed by atoms with Crippen LogP contribution in [0.25, 0.3) is 0 Å². The molecule has 1 N–H and O–H groups in total. The van der Waals surface area contributed by atoms with Crippen LogP contribution in [0, 0.1) is 17.3 Å². The summed E-state index contributed by atoms with van der Waals surface area (Å²) >= 11 is 1.61. The maximum Gasteiger partial charge on any atom is 0.307 e. The zero-order valence-electron chi connectivity index (χ0n) is 11.6. The van der Waals surface area contributed by atoms with E-state index in [4.69, 9.17) is 5.11 Å². The Balaban J connectivity index is 2.11. The van der Waals surface area contributed by atoms with Crippen molar-refractivity contribution >= 4 is 23.2 Å². The van der Waals surface area contributed by atoms with Crippen LogP contribution in [0.15, 0.2) is 17.5 Å². The number of aliphatic carboxylic acids is 1. The molecule has 0 spiro atoms. The van der Waals surface area contributed by atoms with Gasteiger partial charge in [0.1, 0.15) is 0 Å². The highest BCUT2D eigenvalue weighted by Gasteiger charge is 2.66. The van der Waals surface area contributed by atoms with Crippen molar-refractivity contribution in [2.24, 2.45) is 17.3 Å². The van der Waals surface area contributed by atoms with Crippen LogP contribution in [-0.4, -0.2) is 28.9 Å². The fraction of sp³-hybridized carbons (Fsp3) is 0.571. The maximum absolute atomic E-state index is 12.4. The third kappa shape index (κ3) is 2.27. The van der Waals surface area contributed by atoms with Crippen LogP contribution in [-0.2, 0) is 9.59 Å². The Morgan fingerprint density at radius 1 is 1.42 bits per heavy atom. The van der Waals surface area contributed by atoms with E-state index in [0.717, 1.165) is 4.88 Å². The second kappa shape index (κ2) is 4.63. The lowest BCUT2D eigenvalue weighted by molar-refractivity contribution is -0.142. The van der Waals surface area contributed by atoms with E-state index in [1.165, 1.54) is 0 Å². The van der Waals surface area contributed by atoms with E-state index in [2.05, 4.69) is 0 Å². The molecule has 3 atom stereocenters. The molecule has 5 heteroatoms. The Morgan fingerprint density at radius 3 is 2.47 bits per heavy atom. The van der Waals surface area contributed by atoms with Crippen LogP contribution in [0.5, 0.6) is 0 Å². The van der Waals surface area contributed by atoms with E-state index >= 15 is 0 Å². The van der Waals surface area contributed by atoms with E-state index in [9.17, 15) is 9.59 Å². The first kappa shape index (κ1) is 14.1. The first-order valence-corrected chi connectivity index (χ1v) is 7.19. The van der Waals surface area contributed by atoms with Gasteiger partial charge in [-0.2, -0.15) is 0 Å². The second-order valence-electron chi connectivity index (χ2n) is 5.76. The first-order chi connectivity index (χ1) is 8.78. The van der Waals surface area contributed by atoms with Gasteiger partial charge in [-0.25, -0.2) is 0 Å². The minimum absolute atomic E-state index is 0.0154. The number of hydrogen-bond donors (Lipinski definition) is 1. The molecule has 1 aromatic heterocycles. The largest absolute Gasteiger partial charge is 0.481 e. The van der Waals surface area contributed by atoms with Crippen LogP contribution >= 0.6 is 11.3 Å². The Bertz CT molecular complexity index is 495. The molecular weight excluding hydrogens is 262 g/mol. The zero-order valence-corrected chi connectivity index (χ0v) is 12.4. The second-order valence-corrected chi connectivity index (χ2v) is 6.73. The number of carboxylic acid groups (broad SMARTS) is 1. The van der Waals surface area contributed by atoms with Gasteiger partial charge in [-0.15, -0.1) is 11.3 Å². The number of rotatable bonds is 4. The molecular formula is C14H19NO3S. The maximum atomic E-state index is 12.4. The smallest absolute Gasteiger partial charge is 0.307 e. The van der Waals surface area contributed by atoms with Crippen LogP contribution in [0.4, 0.5) is 0 Å². The molecule has 104 valence electrons. The number of carbonyl (C=O) groups is 2. The molecule has 0 radical (unpaired) electrons. The summed E-state index contributed by atoms with van der Waals surface area (Å²) in [5.41, 5.74) is -0.438. The van der Waals surface area contributed by atoms with E-state index < -0.39 is 23.2 Å². The summed E-state index contributed by atoms with van der Waals surface area (Å²) in [7, 11) is 1.75. The number of carbonyl (C=O) groups excluding carboxylic acids is 1. The van der Waals surface area contributed by atoms with Crippen molar-refractivity contribution in [2.45, 2.75) is 26.8 Å². The Kier molecular flexibility index (Phi) is 3.43. The van der Waals surface area contributed by atoms with Crippen LogP contribution in [0.2, 0.25) is 0 Å². The summed E-state index contributed by atoms with van der Waals surface area (Å²) in [5.74, 6) is -1.91. The lowest BCUT2D eigenvalue weighted by atomic mass is 10.1. The fourth-order valence-electron chi connectivity index (χ4n) is 2.69. The standard InChI is InChI=1S/C14H19NO3S/c1-8(9-6-5-7-19-9)15(4)12(16)10-11(13(17)18)14(10,2)3/h5-8,10-11H,1-4H3,(H,17,18)/t8?,10-,11+/m1/s1. The topological polar surface area (TPSA) is 57.6 Å². The predicted octanol–water partition coefficient (Wildman–Crippen LogP) is 2.62. The van der Waals surface area contributed by atoms with Gasteiger partial charge >= 0.3 is 5.97 Å². The summed E-state index contributed by atoms with van der Waals surface area (Å²) in [6.45, 7) is 5.66. The van der Waals surface area contributed by atoms with Crippen molar-refractivity contribution in [3.63, 3.8) is 0 Å². The monoisotopic (exact) mass is 281 g/mol. The van der Waals surface area contributed by atoms with E-state index in [0.29, 0.717) is 0 Å². The Hall–Kier alpha value is -1.36. The molecule has 1 heterocycles. The zero-order chi connectivity index (χ0) is 14.4. The first-order valence-electron chi connectivity index (χ1n) is 6.31. The molecule has 19 heavy (non-hydrogen) atoms. The quantitative estimate of drug-likeness (QED) is 0.923. The Labute approximate surface area is 117 Å². The fourth-order valence-corrected chi connectivity index (χ4v) is 3.52. The highest BCUT2D eigenvalue weighted by molar-refractivity contribution is 7.10. The average Bonchev–Trinajstić information content (AvgIpc) is 2.74. The third-order valence-electron chi connectivity index (χ3n) is 4.24. The van der Waals surface area contributed by atoms with Gasteiger partial charge in [-0.05, 0) is 23.8 Å². The van der Waals surface area contributed by atoms with Crippen molar-refractivity contribution in [3.05, 3.63) is 22.4 Å². The molecule has 4 nitrogen and oxygen atoms in total.